The van der Waals surface area contributed by atoms with Gasteiger partial charge in [-0.15, -0.1) is 0 Å². The summed E-state index contributed by atoms with van der Waals surface area (Å²) in [7, 11) is 0. The number of ether oxygens (including phenoxy) is 2. The van der Waals surface area contributed by atoms with Gasteiger partial charge in [-0.05, 0) is 26.2 Å². The fraction of sp³-hybridized carbons (Fsp3) is 0.857. The van der Waals surface area contributed by atoms with Gasteiger partial charge in [-0.2, -0.15) is 0 Å². The molecule has 5 nitrogen and oxygen atoms in total. The largest absolute Gasteiger partial charge is 0.465 e. The van der Waals surface area contributed by atoms with Crippen molar-refractivity contribution in [1.82, 2.24) is 5.32 Å². The van der Waals surface area contributed by atoms with Crippen molar-refractivity contribution < 1.29 is 19.1 Å². The molecule has 19 heavy (non-hydrogen) atoms. The molecular weight excluding hydrogens is 246 g/mol. The Balaban J connectivity index is 1.93. The van der Waals surface area contributed by atoms with E-state index >= 15 is 0 Å². The van der Waals surface area contributed by atoms with Crippen LogP contribution in [0.15, 0.2) is 0 Å². The third-order valence-corrected chi connectivity index (χ3v) is 4.78. The van der Waals surface area contributed by atoms with E-state index in [0.29, 0.717) is 13.0 Å². The Morgan fingerprint density at radius 2 is 2.32 bits per heavy atom. The maximum Gasteiger partial charge on any atom is 0.327 e. The van der Waals surface area contributed by atoms with Crippen molar-refractivity contribution in [3.05, 3.63) is 0 Å². The molecule has 106 valence electrons. The first-order valence-electron chi connectivity index (χ1n) is 7.32. The van der Waals surface area contributed by atoms with E-state index in [2.05, 4.69) is 5.32 Å². The molecule has 0 radical (unpaired) electrons. The zero-order chi connectivity index (χ0) is 13.5. The van der Waals surface area contributed by atoms with Crippen molar-refractivity contribution in [2.75, 3.05) is 6.61 Å². The molecule has 3 aliphatic rings. The molecule has 0 spiro atoms. The number of rotatable bonds is 2. The van der Waals surface area contributed by atoms with Crippen molar-refractivity contribution >= 4 is 11.9 Å². The van der Waals surface area contributed by atoms with Crippen LogP contribution in [-0.2, 0) is 19.1 Å². The molecule has 3 fully saturated rings. The molecule has 0 amide bonds. The Morgan fingerprint density at radius 3 is 3.11 bits per heavy atom. The summed E-state index contributed by atoms with van der Waals surface area (Å²) in [5.41, 5.74) is -0.650. The van der Waals surface area contributed by atoms with Gasteiger partial charge in [0.2, 0.25) is 0 Å². The van der Waals surface area contributed by atoms with Gasteiger partial charge in [-0.25, -0.2) is 0 Å². The van der Waals surface area contributed by atoms with Crippen LogP contribution >= 0.6 is 0 Å². The van der Waals surface area contributed by atoms with Gasteiger partial charge in [-0.3, -0.25) is 14.9 Å². The van der Waals surface area contributed by atoms with Gasteiger partial charge in [-0.1, -0.05) is 12.8 Å². The lowest BCUT2D eigenvalue weighted by molar-refractivity contribution is -0.178. The molecule has 2 bridgehead atoms. The van der Waals surface area contributed by atoms with Gasteiger partial charge in [0.05, 0.1) is 13.0 Å². The van der Waals surface area contributed by atoms with E-state index in [-0.39, 0.29) is 23.9 Å². The minimum Gasteiger partial charge on any atom is -0.465 e. The monoisotopic (exact) mass is 267 g/mol. The molecule has 0 aromatic heterocycles. The lowest BCUT2D eigenvalue weighted by atomic mass is 9.76. The van der Waals surface area contributed by atoms with E-state index in [1.807, 2.05) is 0 Å². The summed E-state index contributed by atoms with van der Waals surface area (Å²) < 4.78 is 10.9. The minimum absolute atomic E-state index is 0.0776. The van der Waals surface area contributed by atoms with Crippen LogP contribution in [0.25, 0.3) is 0 Å². The second-order valence-corrected chi connectivity index (χ2v) is 5.80. The van der Waals surface area contributed by atoms with Crippen LogP contribution < -0.4 is 5.32 Å². The number of hydrogen-bond acceptors (Lipinski definition) is 5. The highest BCUT2D eigenvalue weighted by Gasteiger charge is 2.63. The van der Waals surface area contributed by atoms with E-state index in [0.717, 1.165) is 32.1 Å². The van der Waals surface area contributed by atoms with Crippen LogP contribution in [-0.4, -0.2) is 36.2 Å². The van der Waals surface area contributed by atoms with Crippen LogP contribution in [0.1, 0.15) is 45.4 Å². The first-order valence-corrected chi connectivity index (χ1v) is 7.32. The van der Waals surface area contributed by atoms with E-state index in [9.17, 15) is 9.59 Å². The zero-order valence-electron chi connectivity index (χ0n) is 11.3. The maximum atomic E-state index is 12.2. The molecule has 0 aromatic carbocycles. The molecule has 3 rings (SSSR count). The summed E-state index contributed by atoms with van der Waals surface area (Å²) in [6.45, 7) is 2.16. The minimum atomic E-state index is -0.650. The SMILES string of the molecule is CCOC(=O)[C@H]1N[C@H]2CC(=O)O[C@@]13CCCCC[C@@H]23. The molecule has 5 heteroatoms. The predicted octanol–water partition coefficient (Wildman–Crippen LogP) is 1.16. The Bertz CT molecular complexity index is 397. The second kappa shape index (κ2) is 4.78. The summed E-state index contributed by atoms with van der Waals surface area (Å²) in [5.74, 6) is -0.184. The average Bonchev–Trinajstić information content (AvgIpc) is 2.55. The van der Waals surface area contributed by atoms with Crippen LogP contribution in [0.4, 0.5) is 0 Å². The summed E-state index contributed by atoms with van der Waals surface area (Å²) in [5, 5.41) is 3.31. The number of esters is 2. The summed E-state index contributed by atoms with van der Waals surface area (Å²) in [4.78, 5) is 24.0. The first kappa shape index (κ1) is 12.9. The molecule has 1 N–H and O–H groups in total. The topological polar surface area (TPSA) is 64.6 Å². The second-order valence-electron chi connectivity index (χ2n) is 5.80. The van der Waals surface area contributed by atoms with Crippen molar-refractivity contribution in [3.8, 4) is 0 Å². The third kappa shape index (κ3) is 1.95. The fourth-order valence-corrected chi connectivity index (χ4v) is 4.06. The molecule has 4 atom stereocenters. The van der Waals surface area contributed by atoms with Crippen molar-refractivity contribution in [2.45, 2.75) is 63.1 Å². The quantitative estimate of drug-likeness (QED) is 0.760. The number of carbonyl (C=O) groups is 2. The van der Waals surface area contributed by atoms with E-state index in [1.165, 1.54) is 0 Å². The maximum absolute atomic E-state index is 12.2. The Kier molecular flexibility index (Phi) is 3.25. The normalized spacial score (nSPS) is 41.1. The Labute approximate surface area is 113 Å². The molecule has 2 aliphatic heterocycles. The number of hydrogen-bond donors (Lipinski definition) is 1. The number of carbonyl (C=O) groups excluding carboxylic acids is 2. The molecule has 0 unspecified atom stereocenters. The Morgan fingerprint density at radius 1 is 1.47 bits per heavy atom. The highest BCUT2D eigenvalue weighted by atomic mass is 16.6. The summed E-state index contributed by atoms with van der Waals surface area (Å²) in [6, 6.07) is -0.402. The van der Waals surface area contributed by atoms with E-state index in [4.69, 9.17) is 9.47 Å². The summed E-state index contributed by atoms with van der Waals surface area (Å²) in [6.07, 6.45) is 5.49. The molecule has 2 saturated heterocycles. The Hall–Kier alpha value is -1.10. The number of nitrogens with one attached hydrogen (secondary N) is 1. The molecule has 1 saturated carbocycles. The van der Waals surface area contributed by atoms with Crippen molar-refractivity contribution in [3.63, 3.8) is 0 Å². The van der Waals surface area contributed by atoms with Crippen LogP contribution in [0.5, 0.6) is 0 Å². The van der Waals surface area contributed by atoms with Crippen molar-refractivity contribution in [2.24, 2.45) is 5.92 Å². The summed E-state index contributed by atoms with van der Waals surface area (Å²) >= 11 is 0. The van der Waals surface area contributed by atoms with E-state index < -0.39 is 11.6 Å². The predicted molar refractivity (Wildman–Crippen MR) is 67.4 cm³/mol. The molecule has 0 aromatic rings. The van der Waals surface area contributed by atoms with Crippen molar-refractivity contribution in [1.29, 1.82) is 0 Å². The van der Waals surface area contributed by atoms with E-state index in [1.54, 1.807) is 6.92 Å². The standard InChI is InChI=1S/C14H21NO4/c1-2-18-13(17)12-14-7-5-3-4-6-9(14)10(15-12)8-11(16)19-14/h9-10,12,15H,2-8H2,1H3/t9-,10-,12+,14+/m0/s1. The van der Waals surface area contributed by atoms with Gasteiger partial charge in [0.15, 0.2) is 0 Å². The highest BCUT2D eigenvalue weighted by Crippen LogP contribution is 2.48. The first-order chi connectivity index (χ1) is 9.17. The molecular formula is C14H21NO4. The van der Waals surface area contributed by atoms with Gasteiger partial charge in [0, 0.05) is 12.0 Å². The smallest absolute Gasteiger partial charge is 0.327 e. The van der Waals surface area contributed by atoms with Gasteiger partial charge >= 0.3 is 11.9 Å². The van der Waals surface area contributed by atoms with Gasteiger partial charge in [0.25, 0.3) is 0 Å². The lowest BCUT2D eigenvalue weighted by Crippen LogP contribution is -2.54. The van der Waals surface area contributed by atoms with Gasteiger partial charge < -0.3 is 9.47 Å². The van der Waals surface area contributed by atoms with Crippen LogP contribution in [0.3, 0.4) is 0 Å². The van der Waals surface area contributed by atoms with Crippen LogP contribution in [0.2, 0.25) is 0 Å². The van der Waals surface area contributed by atoms with Gasteiger partial charge in [0.1, 0.15) is 11.6 Å². The fourth-order valence-electron chi connectivity index (χ4n) is 4.06. The molecule has 1 aliphatic carbocycles. The average molecular weight is 267 g/mol. The molecule has 2 heterocycles. The third-order valence-electron chi connectivity index (χ3n) is 4.78. The zero-order valence-corrected chi connectivity index (χ0v) is 11.3. The highest BCUT2D eigenvalue weighted by molar-refractivity contribution is 5.82. The lowest BCUT2D eigenvalue weighted by Gasteiger charge is -2.40. The van der Waals surface area contributed by atoms with Crippen LogP contribution in [0, 0.1) is 5.92 Å².